The Kier molecular flexibility index (Phi) is 12.0. The van der Waals surface area contributed by atoms with E-state index in [2.05, 4.69) is 4.90 Å². The number of esters is 1. The van der Waals surface area contributed by atoms with Gasteiger partial charge in [-0.05, 0) is 26.2 Å². The first-order valence-corrected chi connectivity index (χ1v) is 7.03. The summed E-state index contributed by atoms with van der Waals surface area (Å²) < 4.78 is 15.4. The molecular weight excluding hydrogens is 246 g/mol. The lowest BCUT2D eigenvalue weighted by atomic mass is 10.3. The van der Waals surface area contributed by atoms with Gasteiger partial charge >= 0.3 is 5.97 Å². The average molecular weight is 275 g/mol. The van der Waals surface area contributed by atoms with Crippen molar-refractivity contribution in [2.75, 3.05) is 47.1 Å². The summed E-state index contributed by atoms with van der Waals surface area (Å²) in [6, 6.07) is 0. The van der Waals surface area contributed by atoms with E-state index in [1.807, 2.05) is 13.8 Å². The van der Waals surface area contributed by atoms with Gasteiger partial charge in [0.15, 0.2) is 0 Å². The summed E-state index contributed by atoms with van der Waals surface area (Å²) in [7, 11) is 3.37. The van der Waals surface area contributed by atoms with Crippen molar-refractivity contribution in [1.29, 1.82) is 0 Å². The minimum Gasteiger partial charge on any atom is -0.462 e. The fraction of sp³-hybridized carbons (Fsp3) is 0.929. The van der Waals surface area contributed by atoms with Crippen molar-refractivity contribution >= 4 is 5.97 Å². The van der Waals surface area contributed by atoms with Crippen LogP contribution in [-0.2, 0) is 19.0 Å². The molecule has 114 valence electrons. The monoisotopic (exact) mass is 275 g/mol. The highest BCUT2D eigenvalue weighted by atomic mass is 16.5. The Bertz CT molecular complexity index is 213. The molecule has 0 radical (unpaired) electrons. The van der Waals surface area contributed by atoms with E-state index < -0.39 is 0 Å². The third-order valence-corrected chi connectivity index (χ3v) is 2.91. The second kappa shape index (κ2) is 12.4. The Balaban J connectivity index is 4.03. The Hall–Kier alpha value is -0.650. The van der Waals surface area contributed by atoms with E-state index in [1.165, 1.54) is 0 Å². The highest BCUT2D eigenvalue weighted by molar-refractivity contribution is 5.71. The van der Waals surface area contributed by atoms with E-state index in [1.54, 1.807) is 14.2 Å². The smallest absolute Gasteiger partial charge is 0.320 e. The van der Waals surface area contributed by atoms with Crippen LogP contribution in [0.2, 0.25) is 0 Å². The Morgan fingerprint density at radius 2 is 1.63 bits per heavy atom. The van der Waals surface area contributed by atoms with Crippen molar-refractivity contribution in [3.05, 3.63) is 0 Å². The maximum Gasteiger partial charge on any atom is 0.320 e. The van der Waals surface area contributed by atoms with Crippen LogP contribution in [0, 0.1) is 0 Å². The molecule has 0 aromatic heterocycles. The molecule has 0 spiro atoms. The maximum absolute atomic E-state index is 11.8. The van der Waals surface area contributed by atoms with Crippen molar-refractivity contribution in [2.24, 2.45) is 0 Å². The Morgan fingerprint density at radius 1 is 1.11 bits per heavy atom. The fourth-order valence-corrected chi connectivity index (χ4v) is 1.66. The Labute approximate surface area is 117 Å². The van der Waals surface area contributed by atoms with Gasteiger partial charge in [-0.15, -0.1) is 0 Å². The zero-order valence-electron chi connectivity index (χ0n) is 12.8. The van der Waals surface area contributed by atoms with Gasteiger partial charge in [-0.3, -0.25) is 9.69 Å². The SMILES string of the molecule is CCC(C)OC(=O)CN(CCCOC)CCCOC. The molecule has 1 unspecified atom stereocenters. The summed E-state index contributed by atoms with van der Waals surface area (Å²) in [6.45, 7) is 7.37. The summed E-state index contributed by atoms with van der Waals surface area (Å²) in [5.74, 6) is -0.149. The molecule has 19 heavy (non-hydrogen) atoms. The van der Waals surface area contributed by atoms with Gasteiger partial charge in [-0.1, -0.05) is 6.92 Å². The van der Waals surface area contributed by atoms with Crippen LogP contribution in [0.5, 0.6) is 0 Å². The number of carbonyl (C=O) groups is 1. The first kappa shape index (κ1) is 18.4. The van der Waals surface area contributed by atoms with Crippen LogP contribution < -0.4 is 0 Å². The number of nitrogens with zero attached hydrogens (tertiary/aromatic N) is 1. The highest BCUT2D eigenvalue weighted by Gasteiger charge is 2.13. The lowest BCUT2D eigenvalue weighted by molar-refractivity contribution is -0.149. The standard InChI is InChI=1S/C14H29NO4/c1-5-13(2)19-14(16)12-15(8-6-10-17-3)9-7-11-18-4/h13H,5-12H2,1-4H3. The van der Waals surface area contributed by atoms with Crippen molar-refractivity contribution in [2.45, 2.75) is 39.2 Å². The molecule has 0 aliphatic carbocycles. The summed E-state index contributed by atoms with van der Waals surface area (Å²) >= 11 is 0. The van der Waals surface area contributed by atoms with Gasteiger partial charge in [0.1, 0.15) is 0 Å². The summed E-state index contributed by atoms with van der Waals surface area (Å²) in [6.07, 6.45) is 2.67. The molecule has 0 bridgehead atoms. The molecule has 0 fully saturated rings. The predicted octanol–water partition coefficient (Wildman–Crippen LogP) is 1.70. The van der Waals surface area contributed by atoms with E-state index in [0.717, 1.165) is 32.4 Å². The molecule has 0 heterocycles. The number of methoxy groups -OCH3 is 2. The van der Waals surface area contributed by atoms with Crippen LogP contribution in [0.4, 0.5) is 0 Å². The first-order valence-electron chi connectivity index (χ1n) is 7.03. The van der Waals surface area contributed by atoms with Crippen LogP contribution in [0.3, 0.4) is 0 Å². The molecule has 0 N–H and O–H groups in total. The molecule has 0 saturated carbocycles. The number of ether oxygens (including phenoxy) is 3. The molecule has 1 atom stereocenters. The van der Waals surface area contributed by atoms with Crippen LogP contribution in [0.15, 0.2) is 0 Å². The third kappa shape index (κ3) is 10.9. The third-order valence-electron chi connectivity index (χ3n) is 2.91. The Morgan fingerprint density at radius 3 is 2.05 bits per heavy atom. The zero-order chi connectivity index (χ0) is 14.5. The average Bonchev–Trinajstić information content (AvgIpc) is 2.38. The van der Waals surface area contributed by atoms with E-state index in [-0.39, 0.29) is 12.1 Å². The van der Waals surface area contributed by atoms with Gasteiger partial charge in [-0.2, -0.15) is 0 Å². The largest absolute Gasteiger partial charge is 0.462 e. The number of carbonyl (C=O) groups excluding carboxylic acids is 1. The highest BCUT2D eigenvalue weighted by Crippen LogP contribution is 2.00. The fourth-order valence-electron chi connectivity index (χ4n) is 1.66. The molecule has 0 aliphatic heterocycles. The minimum absolute atomic E-state index is 0.00713. The molecule has 0 aliphatic rings. The van der Waals surface area contributed by atoms with E-state index in [0.29, 0.717) is 19.8 Å². The van der Waals surface area contributed by atoms with Crippen molar-refractivity contribution in [3.63, 3.8) is 0 Å². The summed E-state index contributed by atoms with van der Waals surface area (Å²) in [5, 5.41) is 0. The van der Waals surface area contributed by atoms with Gasteiger partial charge in [0.25, 0.3) is 0 Å². The van der Waals surface area contributed by atoms with Crippen LogP contribution in [0.1, 0.15) is 33.1 Å². The number of rotatable bonds is 12. The minimum atomic E-state index is -0.149. The second-order valence-electron chi connectivity index (χ2n) is 4.68. The van der Waals surface area contributed by atoms with E-state index >= 15 is 0 Å². The lowest BCUT2D eigenvalue weighted by Crippen LogP contribution is -2.34. The van der Waals surface area contributed by atoms with Crippen LogP contribution >= 0.6 is 0 Å². The molecule has 0 saturated heterocycles. The molecule has 0 aromatic carbocycles. The molecule has 5 nitrogen and oxygen atoms in total. The van der Waals surface area contributed by atoms with Crippen molar-refractivity contribution in [1.82, 2.24) is 4.90 Å². The van der Waals surface area contributed by atoms with Gasteiger partial charge < -0.3 is 14.2 Å². The summed E-state index contributed by atoms with van der Waals surface area (Å²) in [4.78, 5) is 13.9. The molecule has 0 rings (SSSR count). The normalized spacial score (nSPS) is 12.7. The van der Waals surface area contributed by atoms with Gasteiger partial charge in [0.05, 0.1) is 12.6 Å². The lowest BCUT2D eigenvalue weighted by Gasteiger charge is -2.22. The number of hydrogen-bond acceptors (Lipinski definition) is 5. The first-order chi connectivity index (χ1) is 9.13. The topological polar surface area (TPSA) is 48.0 Å². The molecule has 0 amide bonds. The van der Waals surface area contributed by atoms with Gasteiger partial charge in [-0.25, -0.2) is 0 Å². The molecule has 5 heteroatoms. The van der Waals surface area contributed by atoms with Crippen molar-refractivity contribution in [3.8, 4) is 0 Å². The summed E-state index contributed by atoms with van der Waals surface area (Å²) in [5.41, 5.74) is 0. The van der Waals surface area contributed by atoms with Crippen LogP contribution in [-0.4, -0.2) is 64.0 Å². The van der Waals surface area contributed by atoms with Crippen LogP contribution in [0.25, 0.3) is 0 Å². The maximum atomic E-state index is 11.8. The quantitative estimate of drug-likeness (QED) is 0.401. The van der Waals surface area contributed by atoms with Gasteiger partial charge in [0.2, 0.25) is 0 Å². The van der Waals surface area contributed by atoms with Crippen molar-refractivity contribution < 1.29 is 19.0 Å². The molecular formula is C14H29NO4. The predicted molar refractivity (Wildman–Crippen MR) is 75.3 cm³/mol. The van der Waals surface area contributed by atoms with E-state index in [9.17, 15) is 4.79 Å². The second-order valence-corrected chi connectivity index (χ2v) is 4.68. The van der Waals surface area contributed by atoms with E-state index in [4.69, 9.17) is 14.2 Å². The van der Waals surface area contributed by atoms with Gasteiger partial charge in [0, 0.05) is 40.5 Å². The molecule has 0 aromatic rings. The zero-order valence-corrected chi connectivity index (χ0v) is 12.8. The number of hydrogen-bond donors (Lipinski definition) is 0.